The Balaban J connectivity index is 2.00. The molecule has 0 N–H and O–H groups in total. The molecular weight excluding hydrogens is 216 g/mol. The summed E-state index contributed by atoms with van der Waals surface area (Å²) in [7, 11) is 0. The molecule has 0 unspecified atom stereocenters. The van der Waals surface area contributed by atoms with Crippen molar-refractivity contribution < 1.29 is 0 Å². The van der Waals surface area contributed by atoms with Crippen LogP contribution in [-0.2, 0) is 13.1 Å². The van der Waals surface area contributed by atoms with Crippen LogP contribution in [0.2, 0.25) is 0 Å². The monoisotopic (exact) mass is 232 g/mol. The van der Waals surface area contributed by atoms with Gasteiger partial charge in [-0.1, -0.05) is 24.3 Å². The fourth-order valence-electron chi connectivity index (χ4n) is 2.15. The van der Waals surface area contributed by atoms with E-state index >= 15 is 0 Å². The fraction of sp³-hybridized carbons (Fsp3) is 0.462. The molecule has 1 aliphatic heterocycles. The van der Waals surface area contributed by atoms with Crippen molar-refractivity contribution in [3.8, 4) is 0 Å². The number of thiocarbonyl (C=S) groups is 1. The fourth-order valence-corrected chi connectivity index (χ4v) is 2.21. The summed E-state index contributed by atoms with van der Waals surface area (Å²) < 4.78 is 0. The standard InChI is InChI=1S/C13H16N2S/c16-11-14-9-12-4-3-5-13(8-12)10-15-6-1-2-7-15/h3-5,8H,1-2,6-7,9-10H2. The van der Waals surface area contributed by atoms with Gasteiger partial charge in [0.05, 0.1) is 11.7 Å². The van der Waals surface area contributed by atoms with Crippen LogP contribution in [0, 0.1) is 0 Å². The first-order chi connectivity index (χ1) is 7.88. The Morgan fingerprint density at radius 3 is 2.75 bits per heavy atom. The van der Waals surface area contributed by atoms with E-state index in [1.165, 1.54) is 37.1 Å². The lowest BCUT2D eigenvalue weighted by atomic mass is 10.1. The first-order valence-electron chi connectivity index (χ1n) is 5.72. The van der Waals surface area contributed by atoms with Crippen LogP contribution in [0.4, 0.5) is 0 Å². The smallest absolute Gasteiger partial charge is 0.0743 e. The minimum atomic E-state index is 0.650. The van der Waals surface area contributed by atoms with Gasteiger partial charge in [-0.05, 0) is 49.3 Å². The molecule has 1 fully saturated rings. The van der Waals surface area contributed by atoms with Gasteiger partial charge in [0.2, 0.25) is 0 Å². The maximum atomic E-state index is 4.57. The topological polar surface area (TPSA) is 15.6 Å². The van der Waals surface area contributed by atoms with Gasteiger partial charge in [0.15, 0.2) is 0 Å². The van der Waals surface area contributed by atoms with Gasteiger partial charge in [0.25, 0.3) is 0 Å². The highest BCUT2D eigenvalue weighted by atomic mass is 32.1. The summed E-state index contributed by atoms with van der Waals surface area (Å²) in [5, 5.41) is 2.41. The molecule has 1 heterocycles. The van der Waals surface area contributed by atoms with Gasteiger partial charge in [-0.15, -0.1) is 0 Å². The molecular formula is C13H16N2S. The van der Waals surface area contributed by atoms with Crippen LogP contribution in [0.25, 0.3) is 0 Å². The molecule has 3 heteroatoms. The summed E-state index contributed by atoms with van der Waals surface area (Å²) in [5.74, 6) is 0. The number of aliphatic imine (C=N–C) groups is 1. The van der Waals surface area contributed by atoms with Crippen molar-refractivity contribution in [2.45, 2.75) is 25.9 Å². The van der Waals surface area contributed by atoms with Gasteiger partial charge in [0.1, 0.15) is 0 Å². The lowest BCUT2D eigenvalue weighted by Crippen LogP contribution is -2.18. The number of hydrogen-bond acceptors (Lipinski definition) is 3. The van der Waals surface area contributed by atoms with Gasteiger partial charge in [-0.2, -0.15) is 0 Å². The predicted molar refractivity (Wildman–Crippen MR) is 69.7 cm³/mol. The van der Waals surface area contributed by atoms with E-state index < -0.39 is 0 Å². The zero-order chi connectivity index (χ0) is 11.2. The van der Waals surface area contributed by atoms with Crippen LogP contribution in [0.5, 0.6) is 0 Å². The van der Waals surface area contributed by atoms with Crippen molar-refractivity contribution in [1.82, 2.24) is 4.90 Å². The van der Waals surface area contributed by atoms with Crippen LogP contribution in [0.15, 0.2) is 29.3 Å². The molecule has 2 rings (SSSR count). The first kappa shape index (κ1) is 11.5. The number of likely N-dealkylation sites (tertiary alicyclic amines) is 1. The third-order valence-electron chi connectivity index (χ3n) is 2.92. The van der Waals surface area contributed by atoms with E-state index in [0.717, 1.165) is 6.54 Å². The highest BCUT2D eigenvalue weighted by Crippen LogP contribution is 2.14. The van der Waals surface area contributed by atoms with Crippen molar-refractivity contribution >= 4 is 17.4 Å². The summed E-state index contributed by atoms with van der Waals surface area (Å²) in [4.78, 5) is 6.47. The van der Waals surface area contributed by atoms with Crippen molar-refractivity contribution in [1.29, 1.82) is 0 Å². The molecule has 1 aromatic carbocycles. The minimum Gasteiger partial charge on any atom is -0.299 e. The largest absolute Gasteiger partial charge is 0.299 e. The summed E-state index contributed by atoms with van der Waals surface area (Å²) in [5.41, 5.74) is 2.59. The maximum Gasteiger partial charge on any atom is 0.0743 e. The van der Waals surface area contributed by atoms with E-state index in [-0.39, 0.29) is 0 Å². The van der Waals surface area contributed by atoms with E-state index in [1.54, 1.807) is 0 Å². The molecule has 16 heavy (non-hydrogen) atoms. The molecule has 0 aliphatic carbocycles. The average molecular weight is 232 g/mol. The van der Waals surface area contributed by atoms with Crippen LogP contribution in [0.3, 0.4) is 0 Å². The normalized spacial score (nSPS) is 16.0. The van der Waals surface area contributed by atoms with Gasteiger partial charge in [-0.25, -0.2) is 4.99 Å². The second-order valence-corrected chi connectivity index (χ2v) is 4.39. The number of benzene rings is 1. The van der Waals surface area contributed by atoms with Crippen LogP contribution in [0.1, 0.15) is 24.0 Å². The van der Waals surface area contributed by atoms with Gasteiger partial charge in [0, 0.05) is 6.54 Å². The molecule has 0 radical (unpaired) electrons. The van der Waals surface area contributed by atoms with E-state index in [4.69, 9.17) is 0 Å². The van der Waals surface area contributed by atoms with Crippen molar-refractivity contribution in [2.24, 2.45) is 4.99 Å². The van der Waals surface area contributed by atoms with Crippen molar-refractivity contribution in [3.05, 3.63) is 35.4 Å². The average Bonchev–Trinajstić information content (AvgIpc) is 2.80. The summed E-state index contributed by atoms with van der Waals surface area (Å²) in [6.07, 6.45) is 2.68. The second-order valence-electron chi connectivity index (χ2n) is 4.21. The first-order valence-corrected chi connectivity index (χ1v) is 6.13. The minimum absolute atomic E-state index is 0.650. The Labute approximate surface area is 102 Å². The van der Waals surface area contributed by atoms with E-state index in [9.17, 15) is 0 Å². The Morgan fingerprint density at radius 1 is 1.25 bits per heavy atom. The lowest BCUT2D eigenvalue weighted by molar-refractivity contribution is 0.331. The Hall–Kier alpha value is -1.02. The molecule has 0 atom stereocenters. The highest BCUT2D eigenvalue weighted by Gasteiger charge is 2.11. The van der Waals surface area contributed by atoms with Crippen LogP contribution in [-0.4, -0.2) is 23.2 Å². The van der Waals surface area contributed by atoms with E-state index in [2.05, 4.69) is 51.5 Å². The molecule has 0 aromatic heterocycles. The van der Waals surface area contributed by atoms with E-state index in [0.29, 0.717) is 6.54 Å². The quantitative estimate of drug-likeness (QED) is 0.586. The zero-order valence-corrected chi connectivity index (χ0v) is 10.2. The van der Waals surface area contributed by atoms with Crippen molar-refractivity contribution in [3.63, 3.8) is 0 Å². The second kappa shape index (κ2) is 5.90. The highest BCUT2D eigenvalue weighted by molar-refractivity contribution is 7.78. The Bertz CT molecular complexity index is 391. The van der Waals surface area contributed by atoms with Gasteiger partial charge >= 0.3 is 0 Å². The third kappa shape index (κ3) is 3.24. The molecule has 0 spiro atoms. The van der Waals surface area contributed by atoms with E-state index in [1.807, 2.05) is 0 Å². The molecule has 0 bridgehead atoms. The Morgan fingerprint density at radius 2 is 2.00 bits per heavy atom. The zero-order valence-electron chi connectivity index (χ0n) is 9.35. The van der Waals surface area contributed by atoms with Crippen LogP contribution < -0.4 is 0 Å². The number of nitrogens with zero attached hydrogens (tertiary/aromatic N) is 2. The molecule has 1 saturated heterocycles. The third-order valence-corrected chi connectivity index (χ3v) is 3.05. The van der Waals surface area contributed by atoms with Crippen molar-refractivity contribution in [2.75, 3.05) is 13.1 Å². The summed E-state index contributed by atoms with van der Waals surface area (Å²) in [6, 6.07) is 8.58. The molecule has 2 nitrogen and oxygen atoms in total. The molecule has 84 valence electrons. The van der Waals surface area contributed by atoms with Gasteiger partial charge in [-0.3, -0.25) is 4.90 Å². The number of hydrogen-bond donors (Lipinski definition) is 0. The predicted octanol–water partition coefficient (Wildman–Crippen LogP) is 2.89. The maximum absolute atomic E-state index is 4.57. The molecule has 1 aliphatic rings. The molecule has 0 saturated carbocycles. The SMILES string of the molecule is S=C=NCc1cccc(CN2CCCC2)c1. The molecule has 1 aromatic rings. The van der Waals surface area contributed by atoms with Crippen LogP contribution >= 0.6 is 12.2 Å². The Kier molecular flexibility index (Phi) is 4.23. The van der Waals surface area contributed by atoms with Gasteiger partial charge < -0.3 is 0 Å². The molecule has 0 amide bonds. The number of isothiocyanates is 1. The lowest BCUT2D eigenvalue weighted by Gasteiger charge is -2.14. The summed E-state index contributed by atoms with van der Waals surface area (Å²) >= 11 is 4.57. The summed E-state index contributed by atoms with van der Waals surface area (Å²) in [6.45, 7) is 4.19. The number of rotatable bonds is 4.